The quantitative estimate of drug-likeness (QED) is 0.259. The second-order valence-corrected chi connectivity index (χ2v) is 9.95. The fraction of sp³-hybridized carbons (Fsp3) is 0.567. The first-order chi connectivity index (χ1) is 16.2. The van der Waals surface area contributed by atoms with Gasteiger partial charge in [0.05, 0.1) is 6.61 Å². The number of ether oxygens (including phenoxy) is 1. The molecule has 1 N–H and O–H groups in total. The van der Waals surface area contributed by atoms with Gasteiger partial charge in [-0.2, -0.15) is 0 Å². The van der Waals surface area contributed by atoms with Crippen LogP contribution in [0.15, 0.2) is 48.5 Å². The standard InChI is InChI=1S/C30H42O3/c1-2-3-4-5-24-6-8-25(9-7-24)10-11-26-12-16-29(17-13-26)30-18-14-27(15-19-30)20-28(21-31)22-33-23-32/h6-9,12-13,16-17,23,27-28,30-31H,2-5,10-11,14-15,18-22H2,1H3. The molecule has 1 saturated carbocycles. The summed E-state index contributed by atoms with van der Waals surface area (Å²) in [6, 6.07) is 18.5. The van der Waals surface area contributed by atoms with Crippen molar-refractivity contribution in [2.45, 2.75) is 83.5 Å². The van der Waals surface area contributed by atoms with E-state index in [1.54, 1.807) is 0 Å². The highest BCUT2D eigenvalue weighted by Gasteiger charge is 2.24. The van der Waals surface area contributed by atoms with Gasteiger partial charge < -0.3 is 9.84 Å². The number of aliphatic hydroxyl groups excluding tert-OH is 1. The molecule has 1 unspecified atom stereocenters. The topological polar surface area (TPSA) is 46.5 Å². The molecule has 0 bridgehead atoms. The molecular weight excluding hydrogens is 408 g/mol. The number of aryl methyl sites for hydroxylation is 3. The molecular formula is C30H42O3. The van der Waals surface area contributed by atoms with Crippen LogP contribution in [0.2, 0.25) is 0 Å². The van der Waals surface area contributed by atoms with Crippen LogP contribution < -0.4 is 0 Å². The molecule has 2 aromatic carbocycles. The normalized spacial score (nSPS) is 19.2. The fourth-order valence-corrected chi connectivity index (χ4v) is 5.27. The maximum absolute atomic E-state index is 10.4. The molecule has 0 spiro atoms. The van der Waals surface area contributed by atoms with Crippen molar-refractivity contribution in [1.82, 2.24) is 0 Å². The predicted octanol–water partition coefficient (Wildman–Crippen LogP) is 6.65. The van der Waals surface area contributed by atoms with Gasteiger partial charge in [-0.15, -0.1) is 0 Å². The Morgan fingerprint density at radius 2 is 1.45 bits per heavy atom. The van der Waals surface area contributed by atoms with Crippen LogP contribution >= 0.6 is 0 Å². The number of unbranched alkanes of at least 4 members (excludes halogenated alkanes) is 2. The summed E-state index contributed by atoms with van der Waals surface area (Å²) >= 11 is 0. The Labute approximate surface area is 200 Å². The van der Waals surface area contributed by atoms with E-state index in [9.17, 15) is 9.90 Å². The minimum absolute atomic E-state index is 0.0771. The maximum Gasteiger partial charge on any atom is 0.293 e. The molecule has 1 fully saturated rings. The molecule has 0 saturated heterocycles. The van der Waals surface area contributed by atoms with Gasteiger partial charge in [0.25, 0.3) is 6.47 Å². The summed E-state index contributed by atoms with van der Waals surface area (Å²) in [4.78, 5) is 10.4. The Morgan fingerprint density at radius 1 is 0.879 bits per heavy atom. The third-order valence-corrected chi connectivity index (χ3v) is 7.42. The molecule has 0 heterocycles. The van der Waals surface area contributed by atoms with Gasteiger partial charge in [0.15, 0.2) is 0 Å². The van der Waals surface area contributed by atoms with Crippen LogP contribution in [0, 0.1) is 11.8 Å². The van der Waals surface area contributed by atoms with Gasteiger partial charge in [-0.1, -0.05) is 68.3 Å². The zero-order valence-electron chi connectivity index (χ0n) is 20.4. The third kappa shape index (κ3) is 8.62. The van der Waals surface area contributed by atoms with Crippen LogP contribution in [0.25, 0.3) is 0 Å². The lowest BCUT2D eigenvalue weighted by Gasteiger charge is -2.30. The fourth-order valence-electron chi connectivity index (χ4n) is 5.27. The largest absolute Gasteiger partial charge is 0.468 e. The first-order valence-electron chi connectivity index (χ1n) is 13.0. The van der Waals surface area contributed by atoms with E-state index in [1.807, 2.05) is 0 Å². The summed E-state index contributed by atoms with van der Waals surface area (Å²) in [7, 11) is 0. The Bertz CT molecular complexity index is 788. The van der Waals surface area contributed by atoms with E-state index in [0.717, 1.165) is 19.3 Å². The molecule has 3 nitrogen and oxygen atoms in total. The minimum atomic E-state index is 0.0771. The van der Waals surface area contributed by atoms with Gasteiger partial charge in [0.1, 0.15) is 0 Å². The number of aliphatic hydroxyl groups is 1. The molecule has 1 atom stereocenters. The van der Waals surface area contributed by atoms with E-state index < -0.39 is 0 Å². The van der Waals surface area contributed by atoms with Crippen LogP contribution in [0.5, 0.6) is 0 Å². The maximum atomic E-state index is 10.4. The van der Waals surface area contributed by atoms with Gasteiger partial charge in [0, 0.05) is 12.5 Å². The molecule has 33 heavy (non-hydrogen) atoms. The van der Waals surface area contributed by atoms with Crippen LogP contribution in [0.1, 0.15) is 86.5 Å². The van der Waals surface area contributed by atoms with Crippen LogP contribution in [-0.4, -0.2) is 24.8 Å². The van der Waals surface area contributed by atoms with E-state index in [-0.39, 0.29) is 12.5 Å². The third-order valence-electron chi connectivity index (χ3n) is 7.42. The van der Waals surface area contributed by atoms with Crippen molar-refractivity contribution < 1.29 is 14.6 Å². The molecule has 0 aliphatic heterocycles. The lowest BCUT2D eigenvalue weighted by atomic mass is 9.76. The van der Waals surface area contributed by atoms with E-state index in [4.69, 9.17) is 4.74 Å². The summed E-state index contributed by atoms with van der Waals surface area (Å²) < 4.78 is 4.86. The first kappa shape index (κ1) is 25.5. The van der Waals surface area contributed by atoms with Gasteiger partial charge in [-0.3, -0.25) is 4.79 Å². The molecule has 1 aliphatic rings. The summed E-state index contributed by atoms with van der Waals surface area (Å²) in [5.41, 5.74) is 5.78. The van der Waals surface area contributed by atoms with Crippen LogP contribution in [0.4, 0.5) is 0 Å². The number of hydrogen-bond acceptors (Lipinski definition) is 3. The number of benzene rings is 2. The zero-order valence-corrected chi connectivity index (χ0v) is 20.4. The zero-order chi connectivity index (χ0) is 23.3. The Balaban J connectivity index is 1.41. The molecule has 0 radical (unpaired) electrons. The number of hydrogen-bond donors (Lipinski definition) is 1. The van der Waals surface area contributed by atoms with Crippen molar-refractivity contribution >= 4 is 6.47 Å². The Morgan fingerprint density at radius 3 is 2.00 bits per heavy atom. The Kier molecular flexibility index (Phi) is 11.0. The first-order valence-corrected chi connectivity index (χ1v) is 13.0. The predicted molar refractivity (Wildman–Crippen MR) is 135 cm³/mol. The van der Waals surface area contributed by atoms with Gasteiger partial charge in [-0.05, 0) is 91.9 Å². The van der Waals surface area contributed by atoms with Crippen LogP contribution in [-0.2, 0) is 28.8 Å². The van der Waals surface area contributed by atoms with Crippen LogP contribution in [0.3, 0.4) is 0 Å². The summed E-state index contributed by atoms with van der Waals surface area (Å²) in [6.07, 6.45) is 13.0. The summed E-state index contributed by atoms with van der Waals surface area (Å²) in [5.74, 6) is 1.36. The molecule has 2 aromatic rings. The second kappa shape index (κ2) is 14.2. The lowest BCUT2D eigenvalue weighted by Crippen LogP contribution is -2.21. The van der Waals surface area contributed by atoms with Crippen molar-refractivity contribution in [1.29, 1.82) is 0 Å². The second-order valence-electron chi connectivity index (χ2n) is 9.95. The average molecular weight is 451 g/mol. The van der Waals surface area contributed by atoms with E-state index in [0.29, 0.717) is 24.9 Å². The molecule has 180 valence electrons. The molecule has 0 amide bonds. The highest BCUT2D eigenvalue weighted by molar-refractivity contribution is 5.36. The average Bonchev–Trinajstić information content (AvgIpc) is 2.87. The summed E-state index contributed by atoms with van der Waals surface area (Å²) in [5, 5.41) is 9.51. The number of rotatable bonds is 14. The molecule has 1 aliphatic carbocycles. The van der Waals surface area contributed by atoms with Crippen molar-refractivity contribution in [3.05, 3.63) is 70.8 Å². The SMILES string of the molecule is CCCCCc1ccc(CCc2ccc(C3CCC(CC(CO)COC=O)CC3)cc2)cc1. The van der Waals surface area contributed by atoms with E-state index in [1.165, 1.54) is 73.6 Å². The van der Waals surface area contributed by atoms with Gasteiger partial charge in [-0.25, -0.2) is 0 Å². The monoisotopic (exact) mass is 450 g/mol. The highest BCUT2D eigenvalue weighted by atomic mass is 16.5. The lowest BCUT2D eigenvalue weighted by molar-refractivity contribution is -0.130. The Hall–Kier alpha value is -2.13. The van der Waals surface area contributed by atoms with Crippen molar-refractivity contribution in [2.24, 2.45) is 11.8 Å². The van der Waals surface area contributed by atoms with Crippen molar-refractivity contribution in [3.63, 3.8) is 0 Å². The minimum Gasteiger partial charge on any atom is -0.468 e. The van der Waals surface area contributed by atoms with E-state index in [2.05, 4.69) is 55.5 Å². The number of carbonyl (C=O) groups is 1. The highest BCUT2D eigenvalue weighted by Crippen LogP contribution is 2.38. The van der Waals surface area contributed by atoms with Crippen molar-refractivity contribution in [2.75, 3.05) is 13.2 Å². The van der Waals surface area contributed by atoms with Crippen molar-refractivity contribution in [3.8, 4) is 0 Å². The van der Waals surface area contributed by atoms with Gasteiger partial charge in [0.2, 0.25) is 0 Å². The summed E-state index contributed by atoms with van der Waals surface area (Å²) in [6.45, 7) is 3.17. The van der Waals surface area contributed by atoms with Gasteiger partial charge >= 0.3 is 0 Å². The number of carbonyl (C=O) groups excluding carboxylic acids is 1. The molecule has 3 rings (SSSR count). The smallest absolute Gasteiger partial charge is 0.293 e. The molecule has 0 aromatic heterocycles. The molecule has 3 heteroatoms. The van der Waals surface area contributed by atoms with E-state index >= 15 is 0 Å².